The standard InChI is InChI=1S/C19H17FN6O2S2/c20-12-2-1-3-13(10-12)26-18(25-5-7-28-8-6-25)23-24-19(26)30-11-15-21-14-4-9-29-16(14)17(27)22-15/h1-4,9-10H,5-8,11H2,(H,21,22,27). The Balaban J connectivity index is 1.49. The summed E-state index contributed by atoms with van der Waals surface area (Å²) < 4.78 is 21.8. The van der Waals surface area contributed by atoms with Gasteiger partial charge in [0.25, 0.3) is 5.56 Å². The molecule has 1 aromatic carbocycles. The van der Waals surface area contributed by atoms with Gasteiger partial charge in [-0.3, -0.25) is 9.36 Å². The molecule has 0 spiro atoms. The first-order valence-electron chi connectivity index (χ1n) is 9.32. The lowest BCUT2D eigenvalue weighted by Crippen LogP contribution is -2.37. The average molecular weight is 445 g/mol. The Morgan fingerprint density at radius 3 is 2.93 bits per heavy atom. The van der Waals surface area contributed by atoms with E-state index in [0.717, 1.165) is 0 Å². The third-order valence-electron chi connectivity index (χ3n) is 4.68. The molecule has 0 bridgehead atoms. The Bertz CT molecular complexity index is 1250. The Morgan fingerprint density at radius 1 is 1.23 bits per heavy atom. The van der Waals surface area contributed by atoms with E-state index in [2.05, 4.69) is 25.1 Å². The summed E-state index contributed by atoms with van der Waals surface area (Å²) in [5.74, 6) is 1.26. The molecule has 154 valence electrons. The van der Waals surface area contributed by atoms with E-state index in [0.29, 0.717) is 64.9 Å². The van der Waals surface area contributed by atoms with Gasteiger partial charge in [-0.25, -0.2) is 9.37 Å². The Kier molecular flexibility index (Phi) is 5.23. The Morgan fingerprint density at radius 2 is 2.10 bits per heavy atom. The summed E-state index contributed by atoms with van der Waals surface area (Å²) in [6.45, 7) is 2.57. The van der Waals surface area contributed by atoms with E-state index >= 15 is 0 Å². The molecule has 5 rings (SSSR count). The molecule has 30 heavy (non-hydrogen) atoms. The number of fused-ring (bicyclic) bond motifs is 1. The molecule has 3 aromatic heterocycles. The van der Waals surface area contributed by atoms with Crippen LogP contribution < -0.4 is 10.5 Å². The number of thiophene rings is 1. The first kappa shape index (κ1) is 19.2. The van der Waals surface area contributed by atoms with Crippen LogP contribution in [-0.2, 0) is 10.5 Å². The van der Waals surface area contributed by atoms with Crippen molar-refractivity contribution >= 4 is 39.3 Å². The van der Waals surface area contributed by atoms with Gasteiger partial charge in [-0.15, -0.1) is 21.5 Å². The minimum absolute atomic E-state index is 0.147. The van der Waals surface area contributed by atoms with Crippen molar-refractivity contribution < 1.29 is 9.13 Å². The van der Waals surface area contributed by atoms with E-state index in [1.807, 2.05) is 22.1 Å². The third-order valence-corrected chi connectivity index (χ3v) is 6.52. The zero-order valence-corrected chi connectivity index (χ0v) is 17.4. The van der Waals surface area contributed by atoms with Crippen LogP contribution in [-0.4, -0.2) is 51.0 Å². The normalized spacial score (nSPS) is 14.5. The number of benzene rings is 1. The highest BCUT2D eigenvalue weighted by atomic mass is 32.2. The van der Waals surface area contributed by atoms with Crippen LogP contribution in [0.3, 0.4) is 0 Å². The molecular formula is C19H17FN6O2S2. The lowest BCUT2D eigenvalue weighted by atomic mass is 10.3. The maximum atomic E-state index is 13.9. The van der Waals surface area contributed by atoms with Crippen LogP contribution in [0.1, 0.15) is 5.82 Å². The SMILES string of the molecule is O=c1[nH]c(CSc2nnc(N3CCOCC3)n2-c2cccc(F)c2)nc2ccsc12. The van der Waals surface area contributed by atoms with Crippen LogP contribution in [0, 0.1) is 5.82 Å². The highest BCUT2D eigenvalue weighted by Crippen LogP contribution is 2.29. The van der Waals surface area contributed by atoms with Crippen LogP contribution in [0.15, 0.2) is 45.7 Å². The number of rotatable bonds is 5. The second-order valence-corrected chi connectivity index (χ2v) is 8.49. The predicted octanol–water partition coefficient (Wildman–Crippen LogP) is 2.83. The fourth-order valence-electron chi connectivity index (χ4n) is 3.29. The van der Waals surface area contributed by atoms with Crippen LogP contribution in [0.5, 0.6) is 0 Å². The zero-order chi connectivity index (χ0) is 20.5. The molecule has 0 atom stereocenters. The average Bonchev–Trinajstić information content (AvgIpc) is 3.40. The van der Waals surface area contributed by atoms with Gasteiger partial charge < -0.3 is 14.6 Å². The molecule has 8 nitrogen and oxygen atoms in total. The maximum Gasteiger partial charge on any atom is 0.268 e. The molecule has 0 amide bonds. The number of halogens is 1. The number of thioether (sulfide) groups is 1. The van der Waals surface area contributed by atoms with Gasteiger partial charge in [-0.1, -0.05) is 17.8 Å². The number of anilines is 1. The van der Waals surface area contributed by atoms with Gasteiger partial charge in [0.1, 0.15) is 16.3 Å². The molecular weight excluding hydrogens is 427 g/mol. The number of hydrogen-bond acceptors (Lipinski definition) is 8. The summed E-state index contributed by atoms with van der Waals surface area (Å²) >= 11 is 2.75. The maximum absolute atomic E-state index is 13.9. The molecule has 1 N–H and O–H groups in total. The summed E-state index contributed by atoms with van der Waals surface area (Å²) in [5.41, 5.74) is 1.17. The van der Waals surface area contributed by atoms with Crippen molar-refractivity contribution in [3.8, 4) is 5.69 Å². The Hall–Kier alpha value is -2.76. The van der Waals surface area contributed by atoms with Gasteiger partial charge in [0.2, 0.25) is 5.95 Å². The van der Waals surface area contributed by atoms with Gasteiger partial charge in [0.05, 0.1) is 30.2 Å². The number of hydrogen-bond donors (Lipinski definition) is 1. The van der Waals surface area contributed by atoms with Crippen LogP contribution in [0.25, 0.3) is 15.9 Å². The molecule has 11 heteroatoms. The summed E-state index contributed by atoms with van der Waals surface area (Å²) in [5, 5.41) is 11.1. The number of aromatic amines is 1. The number of aromatic nitrogens is 5. The van der Waals surface area contributed by atoms with E-state index in [1.165, 1.54) is 35.2 Å². The molecule has 0 radical (unpaired) electrons. The second kappa shape index (κ2) is 8.17. The quantitative estimate of drug-likeness (QED) is 0.474. The first-order chi connectivity index (χ1) is 14.7. The number of nitrogens with one attached hydrogen (secondary N) is 1. The van der Waals surface area contributed by atoms with Gasteiger partial charge in [0, 0.05) is 13.1 Å². The van der Waals surface area contributed by atoms with Crippen LogP contribution in [0.2, 0.25) is 0 Å². The minimum atomic E-state index is -0.334. The van der Waals surface area contributed by atoms with E-state index < -0.39 is 0 Å². The fourth-order valence-corrected chi connectivity index (χ4v) is 4.83. The van der Waals surface area contributed by atoms with Crippen LogP contribution >= 0.6 is 23.1 Å². The van der Waals surface area contributed by atoms with Crippen molar-refractivity contribution in [1.29, 1.82) is 0 Å². The summed E-state index contributed by atoms with van der Waals surface area (Å²) in [6.07, 6.45) is 0. The van der Waals surface area contributed by atoms with Crippen molar-refractivity contribution in [3.63, 3.8) is 0 Å². The largest absolute Gasteiger partial charge is 0.378 e. The van der Waals surface area contributed by atoms with Crippen molar-refractivity contribution in [1.82, 2.24) is 24.7 Å². The molecule has 4 aromatic rings. The molecule has 0 aliphatic carbocycles. The molecule has 1 saturated heterocycles. The summed E-state index contributed by atoms with van der Waals surface area (Å²) in [6, 6.07) is 8.16. The summed E-state index contributed by atoms with van der Waals surface area (Å²) in [4.78, 5) is 21.6. The van der Waals surface area contributed by atoms with E-state index in [-0.39, 0.29) is 11.4 Å². The fraction of sp³-hybridized carbons (Fsp3) is 0.263. The van der Waals surface area contributed by atoms with E-state index in [1.54, 1.807) is 6.07 Å². The van der Waals surface area contributed by atoms with Crippen molar-refractivity contribution in [2.24, 2.45) is 0 Å². The zero-order valence-electron chi connectivity index (χ0n) is 15.7. The Labute approximate surface area is 178 Å². The number of ether oxygens (including phenoxy) is 1. The van der Waals surface area contributed by atoms with Crippen molar-refractivity contribution in [2.45, 2.75) is 10.9 Å². The monoisotopic (exact) mass is 444 g/mol. The highest BCUT2D eigenvalue weighted by Gasteiger charge is 2.22. The number of H-pyrrole nitrogens is 1. The predicted molar refractivity (Wildman–Crippen MR) is 114 cm³/mol. The van der Waals surface area contributed by atoms with E-state index in [9.17, 15) is 9.18 Å². The van der Waals surface area contributed by atoms with Gasteiger partial charge in [0.15, 0.2) is 5.16 Å². The number of nitrogens with zero attached hydrogens (tertiary/aromatic N) is 5. The third kappa shape index (κ3) is 3.71. The van der Waals surface area contributed by atoms with Gasteiger partial charge in [-0.2, -0.15) is 0 Å². The molecule has 0 saturated carbocycles. The van der Waals surface area contributed by atoms with Gasteiger partial charge >= 0.3 is 0 Å². The van der Waals surface area contributed by atoms with Crippen molar-refractivity contribution in [3.05, 3.63) is 57.7 Å². The molecule has 1 aliphatic heterocycles. The van der Waals surface area contributed by atoms with Crippen molar-refractivity contribution in [2.75, 3.05) is 31.2 Å². The molecule has 0 unspecified atom stereocenters. The topological polar surface area (TPSA) is 88.9 Å². The minimum Gasteiger partial charge on any atom is -0.378 e. The van der Waals surface area contributed by atoms with E-state index in [4.69, 9.17) is 4.74 Å². The molecule has 1 fully saturated rings. The lowest BCUT2D eigenvalue weighted by molar-refractivity contribution is 0.122. The highest BCUT2D eigenvalue weighted by molar-refractivity contribution is 7.98. The number of morpholine rings is 1. The molecule has 1 aliphatic rings. The first-order valence-corrected chi connectivity index (χ1v) is 11.2. The summed E-state index contributed by atoms with van der Waals surface area (Å²) in [7, 11) is 0. The van der Waals surface area contributed by atoms with Gasteiger partial charge in [-0.05, 0) is 29.6 Å². The smallest absolute Gasteiger partial charge is 0.268 e. The van der Waals surface area contributed by atoms with Crippen LogP contribution in [0.4, 0.5) is 10.3 Å². The lowest BCUT2D eigenvalue weighted by Gasteiger charge is -2.27. The second-order valence-electron chi connectivity index (χ2n) is 6.63. The molecule has 4 heterocycles.